The van der Waals surface area contributed by atoms with Crippen LogP contribution in [0.25, 0.3) is 0 Å². The molecule has 0 radical (unpaired) electrons. The summed E-state index contributed by atoms with van der Waals surface area (Å²) in [6.07, 6.45) is 2.18. The third-order valence-electron chi connectivity index (χ3n) is 5.37. The number of nitrogens with one attached hydrogen (secondary N) is 1. The zero-order valence-electron chi connectivity index (χ0n) is 19.2. The van der Waals surface area contributed by atoms with Crippen LogP contribution in [0.5, 0.6) is 17.2 Å². The molecule has 1 saturated heterocycles. The predicted octanol–water partition coefficient (Wildman–Crippen LogP) is 2.27. The minimum absolute atomic E-state index is 0.0738. The van der Waals surface area contributed by atoms with Crippen LogP contribution in [-0.4, -0.2) is 82.3 Å². The van der Waals surface area contributed by atoms with E-state index in [1.54, 1.807) is 33.5 Å². The summed E-state index contributed by atoms with van der Waals surface area (Å²) in [5.41, 5.74) is 0.948. The number of nitrogens with zero attached hydrogens (tertiary/aromatic N) is 3. The van der Waals surface area contributed by atoms with E-state index in [4.69, 9.17) is 23.6 Å². The number of carbonyl (C=O) groups excluding carboxylic acids is 1. The van der Waals surface area contributed by atoms with Gasteiger partial charge in [-0.1, -0.05) is 0 Å². The second-order valence-corrected chi connectivity index (χ2v) is 7.25. The zero-order valence-corrected chi connectivity index (χ0v) is 19.2. The van der Waals surface area contributed by atoms with E-state index in [9.17, 15) is 4.79 Å². The number of benzene rings is 1. The Morgan fingerprint density at radius 1 is 1.06 bits per heavy atom. The van der Waals surface area contributed by atoms with Gasteiger partial charge in [-0.15, -0.1) is 0 Å². The highest BCUT2D eigenvalue weighted by Gasteiger charge is 2.25. The fourth-order valence-corrected chi connectivity index (χ4v) is 3.70. The molecule has 1 amide bonds. The molecular weight excluding hydrogens is 412 g/mol. The second kappa shape index (κ2) is 11.3. The largest absolute Gasteiger partial charge is 0.496 e. The zero-order chi connectivity index (χ0) is 22.9. The average Bonchev–Trinajstić information content (AvgIpc) is 3.38. The van der Waals surface area contributed by atoms with Crippen LogP contribution in [0.3, 0.4) is 0 Å². The number of carbonyl (C=O) groups is 1. The van der Waals surface area contributed by atoms with E-state index in [0.29, 0.717) is 62.2 Å². The van der Waals surface area contributed by atoms with Gasteiger partial charge in [0.25, 0.3) is 5.91 Å². The molecule has 0 aliphatic carbocycles. The van der Waals surface area contributed by atoms with Crippen LogP contribution in [0.15, 0.2) is 39.9 Å². The first-order valence-electron chi connectivity index (χ1n) is 10.8. The lowest BCUT2D eigenvalue weighted by Crippen LogP contribution is -2.53. The number of methoxy groups -OCH3 is 3. The number of furan rings is 1. The van der Waals surface area contributed by atoms with Crippen LogP contribution < -0.4 is 19.5 Å². The van der Waals surface area contributed by atoms with Crippen molar-refractivity contribution in [2.24, 2.45) is 4.99 Å². The van der Waals surface area contributed by atoms with Gasteiger partial charge in [0.2, 0.25) is 0 Å². The topological polar surface area (TPSA) is 88.8 Å². The summed E-state index contributed by atoms with van der Waals surface area (Å²) in [5, 5.41) is 3.36. The minimum atomic E-state index is -0.0738. The molecule has 1 aromatic carbocycles. The summed E-state index contributed by atoms with van der Waals surface area (Å²) < 4.78 is 21.6. The van der Waals surface area contributed by atoms with E-state index >= 15 is 0 Å². The van der Waals surface area contributed by atoms with E-state index in [0.717, 1.165) is 18.1 Å². The molecule has 0 atom stereocenters. The lowest BCUT2D eigenvalue weighted by molar-refractivity contribution is 0.0657. The van der Waals surface area contributed by atoms with Gasteiger partial charge in [0, 0.05) is 57.0 Å². The van der Waals surface area contributed by atoms with Crippen LogP contribution in [0, 0.1) is 0 Å². The molecule has 9 nitrogen and oxygen atoms in total. The van der Waals surface area contributed by atoms with E-state index in [2.05, 4.69) is 10.2 Å². The lowest BCUT2D eigenvalue weighted by atomic mass is 10.1. The average molecular weight is 445 g/mol. The van der Waals surface area contributed by atoms with Crippen molar-refractivity contribution in [1.82, 2.24) is 15.1 Å². The molecule has 0 bridgehead atoms. The summed E-state index contributed by atoms with van der Waals surface area (Å²) in [7, 11) is 4.88. The van der Waals surface area contributed by atoms with Gasteiger partial charge in [0.05, 0.1) is 27.6 Å². The molecule has 3 rings (SSSR count). The van der Waals surface area contributed by atoms with Gasteiger partial charge < -0.3 is 33.7 Å². The van der Waals surface area contributed by atoms with E-state index in [-0.39, 0.29) is 5.91 Å². The van der Waals surface area contributed by atoms with Gasteiger partial charge >= 0.3 is 0 Å². The fraction of sp³-hybridized carbons (Fsp3) is 0.478. The van der Waals surface area contributed by atoms with Crippen LogP contribution in [-0.2, 0) is 6.42 Å². The van der Waals surface area contributed by atoms with Crippen molar-refractivity contribution in [2.75, 3.05) is 60.6 Å². The SMILES string of the molecule is CCNC(=NCCc1c(OC)cc(OC)cc1OC)N1CCN(C(=O)c2ccco2)CC1. The Kier molecular flexibility index (Phi) is 8.24. The summed E-state index contributed by atoms with van der Waals surface area (Å²) >= 11 is 0. The summed E-state index contributed by atoms with van der Waals surface area (Å²) in [6, 6.07) is 7.12. The molecule has 0 spiro atoms. The second-order valence-electron chi connectivity index (χ2n) is 7.25. The predicted molar refractivity (Wildman–Crippen MR) is 122 cm³/mol. The summed E-state index contributed by atoms with van der Waals surface area (Å²) in [5.74, 6) is 3.25. The van der Waals surface area contributed by atoms with E-state index in [1.165, 1.54) is 6.26 Å². The highest BCUT2D eigenvalue weighted by Crippen LogP contribution is 2.34. The number of rotatable bonds is 8. The molecule has 0 unspecified atom stereocenters. The van der Waals surface area contributed by atoms with Crippen molar-refractivity contribution in [1.29, 1.82) is 0 Å². The normalized spacial score (nSPS) is 14.3. The highest BCUT2D eigenvalue weighted by molar-refractivity contribution is 5.91. The molecule has 2 heterocycles. The van der Waals surface area contributed by atoms with Crippen molar-refractivity contribution in [3.05, 3.63) is 41.9 Å². The Morgan fingerprint density at radius 3 is 2.25 bits per heavy atom. The quantitative estimate of drug-likeness (QED) is 0.494. The van der Waals surface area contributed by atoms with Crippen LogP contribution in [0.1, 0.15) is 23.0 Å². The van der Waals surface area contributed by atoms with Crippen molar-refractivity contribution in [3.63, 3.8) is 0 Å². The Balaban J connectivity index is 1.64. The first-order chi connectivity index (χ1) is 15.6. The number of piperazine rings is 1. The lowest BCUT2D eigenvalue weighted by Gasteiger charge is -2.36. The third kappa shape index (κ3) is 5.46. The van der Waals surface area contributed by atoms with E-state index in [1.807, 2.05) is 24.0 Å². The number of amides is 1. The molecule has 1 N–H and O–H groups in total. The number of hydrogen-bond acceptors (Lipinski definition) is 6. The molecule has 9 heteroatoms. The molecule has 1 aromatic heterocycles. The van der Waals surface area contributed by atoms with Gasteiger partial charge in [0.1, 0.15) is 17.2 Å². The summed E-state index contributed by atoms with van der Waals surface area (Å²) in [4.78, 5) is 21.3. The number of hydrogen-bond donors (Lipinski definition) is 1. The van der Waals surface area contributed by atoms with Crippen LogP contribution in [0.4, 0.5) is 0 Å². The number of aliphatic imine (C=N–C) groups is 1. The smallest absolute Gasteiger partial charge is 0.289 e. The first kappa shape index (κ1) is 23.3. The Bertz CT molecular complexity index is 880. The van der Waals surface area contributed by atoms with Gasteiger partial charge in [-0.2, -0.15) is 0 Å². The number of guanidine groups is 1. The monoisotopic (exact) mass is 444 g/mol. The molecule has 1 aliphatic rings. The fourth-order valence-electron chi connectivity index (χ4n) is 3.70. The van der Waals surface area contributed by atoms with E-state index < -0.39 is 0 Å². The highest BCUT2D eigenvalue weighted by atomic mass is 16.5. The number of ether oxygens (including phenoxy) is 3. The van der Waals surface area contributed by atoms with Crippen LogP contribution in [0.2, 0.25) is 0 Å². The molecule has 174 valence electrons. The Morgan fingerprint density at radius 2 is 1.72 bits per heavy atom. The maximum Gasteiger partial charge on any atom is 0.289 e. The Hall–Kier alpha value is -3.36. The van der Waals surface area contributed by atoms with Crippen molar-refractivity contribution in [2.45, 2.75) is 13.3 Å². The Labute approximate surface area is 188 Å². The van der Waals surface area contributed by atoms with Crippen molar-refractivity contribution in [3.8, 4) is 17.2 Å². The summed E-state index contributed by atoms with van der Waals surface area (Å²) in [6.45, 7) is 6.00. The molecule has 0 saturated carbocycles. The van der Waals surface area contributed by atoms with Gasteiger partial charge in [-0.25, -0.2) is 0 Å². The molecule has 2 aromatic rings. The molecule has 1 fully saturated rings. The van der Waals surface area contributed by atoms with Crippen LogP contribution >= 0.6 is 0 Å². The maximum absolute atomic E-state index is 12.5. The standard InChI is InChI=1S/C23H32N4O5/c1-5-24-23(27-12-10-26(11-13-27)22(28)19-7-6-14-32-19)25-9-8-18-20(30-3)15-17(29-2)16-21(18)31-4/h6-7,14-16H,5,8-13H2,1-4H3,(H,24,25). The third-order valence-corrected chi connectivity index (χ3v) is 5.37. The van der Waals surface area contributed by atoms with Crippen molar-refractivity contribution < 1.29 is 23.4 Å². The van der Waals surface area contributed by atoms with Gasteiger partial charge in [-0.3, -0.25) is 9.79 Å². The molecule has 1 aliphatic heterocycles. The van der Waals surface area contributed by atoms with Gasteiger partial charge in [0.15, 0.2) is 11.7 Å². The molecule has 32 heavy (non-hydrogen) atoms. The first-order valence-corrected chi connectivity index (χ1v) is 10.8. The minimum Gasteiger partial charge on any atom is -0.496 e. The maximum atomic E-state index is 12.5. The molecular formula is C23H32N4O5. The van der Waals surface area contributed by atoms with Crippen molar-refractivity contribution >= 4 is 11.9 Å². The van der Waals surface area contributed by atoms with Gasteiger partial charge in [-0.05, 0) is 25.5 Å².